The third-order valence-electron chi connectivity index (χ3n) is 0.935. The van der Waals surface area contributed by atoms with Gasteiger partial charge < -0.3 is 0 Å². The van der Waals surface area contributed by atoms with Crippen LogP contribution in [0.2, 0.25) is 0 Å². The number of unbranched alkanes of at least 4 members (excludes halogenated alkanes) is 1. The zero-order valence-electron chi connectivity index (χ0n) is 4.48. The van der Waals surface area contributed by atoms with Crippen molar-refractivity contribution in [2.45, 2.75) is 19.8 Å². The molecule has 1 N–H and O–H groups in total. The second kappa shape index (κ2) is 2.55. The molecule has 7 heavy (non-hydrogen) atoms. The van der Waals surface area contributed by atoms with E-state index in [1.54, 1.807) is 0 Å². The zero-order chi connectivity index (χ0) is 5.11. The topological polar surface area (TPSA) is 34.5 Å². The van der Waals surface area contributed by atoms with Crippen LogP contribution in [0.1, 0.15) is 19.8 Å². The summed E-state index contributed by atoms with van der Waals surface area (Å²) in [4.78, 5) is 2.83. The standard InChI is InChI=1S/C4H11NOS/c1-2-3-4-7-5-6-7/h5,7H,2-4H2,1H3. The van der Waals surface area contributed by atoms with Gasteiger partial charge in [-0.2, -0.15) is 0 Å². The van der Waals surface area contributed by atoms with Crippen LogP contribution in [0.25, 0.3) is 0 Å². The second-order valence-corrected chi connectivity index (χ2v) is 3.21. The van der Waals surface area contributed by atoms with Gasteiger partial charge in [0.15, 0.2) is 0 Å². The molecule has 1 saturated heterocycles. The van der Waals surface area contributed by atoms with Crippen molar-refractivity contribution in [2.75, 3.05) is 5.75 Å². The van der Waals surface area contributed by atoms with Gasteiger partial charge in [0, 0.05) is 5.75 Å². The van der Waals surface area contributed by atoms with E-state index in [0.717, 1.165) is 0 Å². The minimum absolute atomic E-state index is 0.106. The van der Waals surface area contributed by atoms with Crippen molar-refractivity contribution in [1.82, 2.24) is 4.89 Å². The van der Waals surface area contributed by atoms with E-state index in [-0.39, 0.29) is 11.4 Å². The molecule has 0 radical (unpaired) electrons. The molecule has 1 heterocycles. The van der Waals surface area contributed by atoms with E-state index in [1.165, 1.54) is 18.6 Å². The zero-order valence-corrected chi connectivity index (χ0v) is 5.37. The summed E-state index contributed by atoms with van der Waals surface area (Å²) in [5, 5.41) is 0. The Balaban J connectivity index is 1.80. The average Bonchev–Trinajstić information content (AvgIpc) is 2.42. The summed E-state index contributed by atoms with van der Waals surface area (Å²) >= 11 is -0.106. The van der Waals surface area contributed by atoms with E-state index in [9.17, 15) is 0 Å². The Bertz CT molecular complexity index is 55.7. The largest absolute Gasteiger partial charge is 0.230 e. The summed E-state index contributed by atoms with van der Waals surface area (Å²) < 4.78 is 4.83. The maximum absolute atomic E-state index is 4.83. The lowest BCUT2D eigenvalue weighted by Gasteiger charge is -1.87. The van der Waals surface area contributed by atoms with Crippen LogP contribution in [0.3, 0.4) is 0 Å². The second-order valence-electron chi connectivity index (χ2n) is 1.64. The molecule has 1 fully saturated rings. The predicted octanol–water partition coefficient (Wildman–Crippen LogP) is 1.15. The van der Waals surface area contributed by atoms with E-state index in [2.05, 4.69) is 11.8 Å². The lowest BCUT2D eigenvalue weighted by atomic mass is 10.4. The summed E-state index contributed by atoms with van der Waals surface area (Å²) in [5.74, 6) is 1.24. The van der Waals surface area contributed by atoms with E-state index in [1.807, 2.05) is 0 Å². The molecular weight excluding hydrogens is 110 g/mol. The van der Waals surface area contributed by atoms with Crippen LogP contribution >= 0.6 is 11.4 Å². The number of hydrogen-bond donors (Lipinski definition) is 2. The Morgan fingerprint density at radius 3 is 2.86 bits per heavy atom. The maximum atomic E-state index is 4.83. The number of hydrogen-bond acceptors (Lipinski definition) is 2. The third-order valence-corrected chi connectivity index (χ3v) is 2.10. The van der Waals surface area contributed by atoms with Gasteiger partial charge in [0.25, 0.3) is 0 Å². The van der Waals surface area contributed by atoms with Crippen molar-refractivity contribution in [3.8, 4) is 0 Å². The van der Waals surface area contributed by atoms with Crippen molar-refractivity contribution < 1.29 is 4.28 Å². The van der Waals surface area contributed by atoms with Crippen LogP contribution in [-0.2, 0) is 4.28 Å². The van der Waals surface area contributed by atoms with Gasteiger partial charge in [0.2, 0.25) is 0 Å². The van der Waals surface area contributed by atoms with E-state index in [0.29, 0.717) is 0 Å². The summed E-state index contributed by atoms with van der Waals surface area (Å²) in [6.45, 7) is 2.19. The normalized spacial score (nSPS) is 33.0. The van der Waals surface area contributed by atoms with Gasteiger partial charge in [-0.1, -0.05) is 13.3 Å². The van der Waals surface area contributed by atoms with Crippen molar-refractivity contribution in [3.63, 3.8) is 0 Å². The fourth-order valence-corrected chi connectivity index (χ4v) is 1.44. The molecule has 1 rings (SSSR count). The summed E-state index contributed by atoms with van der Waals surface area (Å²) in [5.41, 5.74) is 0. The Morgan fingerprint density at radius 1 is 1.71 bits per heavy atom. The van der Waals surface area contributed by atoms with E-state index >= 15 is 0 Å². The molecule has 0 amide bonds. The summed E-state index contributed by atoms with van der Waals surface area (Å²) in [6, 6.07) is 0. The fourth-order valence-electron chi connectivity index (χ4n) is 0.422. The fraction of sp³-hybridized carbons (Fsp3) is 1.00. The number of rotatable bonds is 3. The molecular formula is C4H11NOS. The maximum Gasteiger partial charge on any atom is 0.0127 e. The Labute approximate surface area is 46.9 Å². The van der Waals surface area contributed by atoms with Crippen LogP contribution in [0, 0.1) is 0 Å². The van der Waals surface area contributed by atoms with Gasteiger partial charge in [0.05, 0.1) is 0 Å². The lowest BCUT2D eigenvalue weighted by Crippen LogP contribution is -1.75. The highest BCUT2D eigenvalue weighted by Crippen LogP contribution is 2.34. The van der Waals surface area contributed by atoms with E-state index < -0.39 is 0 Å². The highest BCUT2D eigenvalue weighted by Gasteiger charge is 2.14. The van der Waals surface area contributed by atoms with Crippen LogP contribution < -0.4 is 4.89 Å². The van der Waals surface area contributed by atoms with Gasteiger partial charge in [-0.3, -0.25) is 0 Å². The summed E-state index contributed by atoms with van der Waals surface area (Å²) in [7, 11) is 0. The third kappa shape index (κ3) is 2.16. The Morgan fingerprint density at radius 2 is 2.43 bits per heavy atom. The molecule has 1 unspecified atom stereocenters. The van der Waals surface area contributed by atoms with Crippen LogP contribution in [0.5, 0.6) is 0 Å². The molecule has 0 aromatic rings. The van der Waals surface area contributed by atoms with Crippen LogP contribution in [0.15, 0.2) is 0 Å². The van der Waals surface area contributed by atoms with Crippen LogP contribution in [-0.4, -0.2) is 5.75 Å². The number of nitrogens with one attached hydrogen (secondary N) is 1. The Kier molecular flexibility index (Phi) is 1.97. The van der Waals surface area contributed by atoms with Gasteiger partial charge in [-0.25, -0.2) is 4.28 Å². The molecule has 0 spiro atoms. The van der Waals surface area contributed by atoms with Gasteiger partial charge in [0.1, 0.15) is 0 Å². The molecule has 0 aromatic carbocycles. The molecule has 44 valence electrons. The number of thiol groups is 1. The van der Waals surface area contributed by atoms with Crippen molar-refractivity contribution >= 4 is 11.4 Å². The first-order valence-electron chi connectivity index (χ1n) is 2.63. The highest BCUT2D eigenvalue weighted by atomic mass is 32.2. The summed E-state index contributed by atoms with van der Waals surface area (Å²) in [6.07, 6.45) is 2.59. The van der Waals surface area contributed by atoms with Gasteiger partial charge in [-0.05, 0) is 17.8 Å². The molecule has 0 aromatic heterocycles. The monoisotopic (exact) mass is 121 g/mol. The average molecular weight is 121 g/mol. The highest BCUT2D eigenvalue weighted by molar-refractivity contribution is 8.15. The molecule has 1 atom stereocenters. The molecule has 0 aliphatic carbocycles. The van der Waals surface area contributed by atoms with Crippen molar-refractivity contribution in [3.05, 3.63) is 0 Å². The van der Waals surface area contributed by atoms with Gasteiger partial charge in [-0.15, -0.1) is 4.89 Å². The SMILES string of the molecule is CCCC[SH]1NO1. The molecule has 1 aliphatic rings. The minimum Gasteiger partial charge on any atom is -0.230 e. The first-order chi connectivity index (χ1) is 3.43. The molecule has 0 saturated carbocycles. The molecule has 0 bridgehead atoms. The van der Waals surface area contributed by atoms with E-state index in [4.69, 9.17) is 4.28 Å². The first kappa shape index (κ1) is 5.41. The van der Waals surface area contributed by atoms with Gasteiger partial charge >= 0.3 is 0 Å². The van der Waals surface area contributed by atoms with Crippen molar-refractivity contribution in [1.29, 1.82) is 0 Å². The van der Waals surface area contributed by atoms with Crippen LogP contribution in [0.4, 0.5) is 0 Å². The smallest absolute Gasteiger partial charge is 0.0127 e. The predicted molar refractivity (Wildman–Crippen MR) is 33.0 cm³/mol. The molecule has 1 aliphatic heterocycles. The lowest BCUT2D eigenvalue weighted by molar-refractivity contribution is 0.469. The quantitative estimate of drug-likeness (QED) is 0.434. The minimum atomic E-state index is -0.106. The molecule has 3 heteroatoms. The first-order valence-corrected chi connectivity index (χ1v) is 4.08. The molecule has 2 nitrogen and oxygen atoms in total. The van der Waals surface area contributed by atoms with Crippen molar-refractivity contribution in [2.24, 2.45) is 0 Å². The Hall–Kier alpha value is 0.270.